The summed E-state index contributed by atoms with van der Waals surface area (Å²) in [6.07, 6.45) is -8.74. The van der Waals surface area contributed by atoms with Crippen LogP contribution in [0, 0.1) is 0 Å². The van der Waals surface area contributed by atoms with Gasteiger partial charge in [0.2, 0.25) is 0 Å². The van der Waals surface area contributed by atoms with Gasteiger partial charge in [-0.1, -0.05) is 0 Å². The number of nitrogens with zero attached hydrogens (tertiary/aromatic N) is 1. The summed E-state index contributed by atoms with van der Waals surface area (Å²) in [5.41, 5.74) is -0.271. The molecule has 0 saturated carbocycles. The number of aliphatic hydroxyl groups excluding tert-OH is 2. The zero-order valence-corrected chi connectivity index (χ0v) is 14.6. The number of amides is 1. The molecule has 4 atom stereocenters. The van der Waals surface area contributed by atoms with Gasteiger partial charge in [0.1, 0.15) is 5.75 Å². The van der Waals surface area contributed by atoms with Crippen LogP contribution in [0.3, 0.4) is 0 Å². The number of fused-ring (bicyclic) bond motifs is 1. The highest BCUT2D eigenvalue weighted by atomic mass is 19.4. The molecule has 0 radical (unpaired) electrons. The van der Waals surface area contributed by atoms with Gasteiger partial charge >= 0.3 is 6.36 Å². The van der Waals surface area contributed by atoms with Crippen molar-refractivity contribution in [3.8, 4) is 5.75 Å². The van der Waals surface area contributed by atoms with Crippen molar-refractivity contribution < 1.29 is 47.2 Å². The Morgan fingerprint density at radius 3 is 2.26 bits per heavy atom. The number of hydrogen-bond donors (Lipinski definition) is 2. The van der Waals surface area contributed by atoms with Crippen LogP contribution in [0.2, 0.25) is 0 Å². The van der Waals surface area contributed by atoms with Crippen LogP contribution in [0.1, 0.15) is 31.1 Å². The van der Waals surface area contributed by atoms with E-state index in [1.165, 1.54) is 20.8 Å². The molecule has 0 aromatic heterocycles. The highest BCUT2D eigenvalue weighted by molar-refractivity contribution is 6.52. The Balaban J connectivity index is 2.22. The van der Waals surface area contributed by atoms with E-state index in [9.17, 15) is 27.9 Å². The van der Waals surface area contributed by atoms with Crippen LogP contribution in [-0.4, -0.2) is 53.2 Å². The Morgan fingerprint density at radius 2 is 1.70 bits per heavy atom. The number of alkyl halides is 3. The molecule has 3 unspecified atom stereocenters. The number of ketones is 1. The molecule has 0 aliphatic carbocycles. The molecule has 150 valence electrons. The van der Waals surface area contributed by atoms with Crippen LogP contribution in [0.15, 0.2) is 18.2 Å². The van der Waals surface area contributed by atoms with Gasteiger partial charge in [0, 0.05) is 0 Å². The molecule has 27 heavy (non-hydrogen) atoms. The highest BCUT2D eigenvalue weighted by Crippen LogP contribution is 2.35. The van der Waals surface area contributed by atoms with Crippen LogP contribution in [0.25, 0.3) is 0 Å². The van der Waals surface area contributed by atoms with Gasteiger partial charge in [-0.25, -0.2) is 0 Å². The Labute approximate surface area is 152 Å². The number of carbonyl (C=O) groups excluding carboxylic acids is 2. The molecule has 1 heterocycles. The second-order valence-corrected chi connectivity index (χ2v) is 5.80. The van der Waals surface area contributed by atoms with Crippen LogP contribution in [0.4, 0.5) is 18.9 Å². The number of aliphatic hydroxyl groups is 2. The number of anilines is 1. The fourth-order valence-electron chi connectivity index (χ4n) is 2.59. The predicted molar refractivity (Wildman–Crippen MR) is 83.7 cm³/mol. The summed E-state index contributed by atoms with van der Waals surface area (Å²) in [5.74, 6) is -2.72. The maximum Gasteiger partial charge on any atom is 0.573 e. The summed E-state index contributed by atoms with van der Waals surface area (Å²) in [6, 6.07) is 1.79. The van der Waals surface area contributed by atoms with Crippen LogP contribution >= 0.6 is 0 Å². The summed E-state index contributed by atoms with van der Waals surface area (Å²) in [6.45, 7) is 4.10. The average molecular weight is 393 g/mol. The molecule has 1 aliphatic heterocycles. The fraction of sp³-hybridized carbons (Fsp3) is 0.500. The zero-order valence-electron chi connectivity index (χ0n) is 14.6. The van der Waals surface area contributed by atoms with E-state index in [4.69, 9.17) is 14.6 Å². The van der Waals surface area contributed by atoms with Crippen LogP contribution < -0.4 is 9.64 Å². The van der Waals surface area contributed by atoms with Gasteiger partial charge in [0.05, 0.1) is 17.3 Å². The van der Waals surface area contributed by atoms with Gasteiger partial charge in [0.15, 0.2) is 18.9 Å². The third kappa shape index (κ3) is 4.95. The minimum atomic E-state index is -4.95. The first-order valence-electron chi connectivity index (χ1n) is 7.85. The number of halogens is 3. The normalized spacial score (nSPS) is 18.9. The molecule has 2 rings (SSSR count). The summed E-state index contributed by atoms with van der Waals surface area (Å²) in [5, 5.41) is 19.3. The smallest absolute Gasteiger partial charge is 0.406 e. The molecule has 8 nitrogen and oxygen atoms in total. The van der Waals surface area contributed by atoms with Gasteiger partial charge in [-0.3, -0.25) is 14.5 Å². The van der Waals surface area contributed by atoms with Crippen molar-refractivity contribution in [2.75, 3.05) is 4.90 Å². The van der Waals surface area contributed by atoms with Crippen molar-refractivity contribution >= 4 is 17.4 Å². The van der Waals surface area contributed by atoms with Crippen molar-refractivity contribution in [2.45, 2.75) is 52.0 Å². The third-order valence-corrected chi connectivity index (χ3v) is 3.66. The minimum Gasteiger partial charge on any atom is -0.406 e. The second-order valence-electron chi connectivity index (χ2n) is 5.80. The summed E-state index contributed by atoms with van der Waals surface area (Å²) in [4.78, 5) is 25.3. The molecule has 1 aromatic carbocycles. The molecule has 0 fully saturated rings. The average Bonchev–Trinajstić information content (AvgIpc) is 2.75. The first kappa shape index (κ1) is 21.1. The minimum absolute atomic E-state index is 0.0128. The monoisotopic (exact) mass is 393 g/mol. The standard InChI is InChI=1S/C16H18F3NO7/c1-7(15(24)26-9(3)25-8(2)21)20-12-5-4-10(27-16(17,18)19)6-11(12)13(22)14(20)23/h4-9,15,21,24H,1-3H3/t7-,8?,9?,15?/m1/s1. The molecular weight excluding hydrogens is 375 g/mol. The highest BCUT2D eigenvalue weighted by Gasteiger charge is 2.42. The van der Waals surface area contributed by atoms with E-state index in [1.807, 2.05) is 0 Å². The predicted octanol–water partition coefficient (Wildman–Crippen LogP) is 1.54. The summed E-state index contributed by atoms with van der Waals surface area (Å²) >= 11 is 0. The molecule has 1 aromatic rings. The van der Waals surface area contributed by atoms with E-state index in [1.54, 1.807) is 0 Å². The van der Waals surface area contributed by atoms with Crippen molar-refractivity contribution in [1.82, 2.24) is 0 Å². The number of benzene rings is 1. The van der Waals surface area contributed by atoms with E-state index in [0.29, 0.717) is 0 Å². The lowest BCUT2D eigenvalue weighted by molar-refractivity contribution is -0.274. The number of hydrogen-bond acceptors (Lipinski definition) is 7. The van der Waals surface area contributed by atoms with Crippen molar-refractivity contribution in [2.24, 2.45) is 0 Å². The van der Waals surface area contributed by atoms with Crippen LogP contribution in [0.5, 0.6) is 5.75 Å². The maximum atomic E-state index is 12.3. The first-order valence-corrected chi connectivity index (χ1v) is 7.85. The molecular formula is C16H18F3NO7. The Morgan fingerprint density at radius 1 is 1.07 bits per heavy atom. The third-order valence-electron chi connectivity index (χ3n) is 3.66. The topological polar surface area (TPSA) is 106 Å². The van der Waals surface area contributed by atoms with E-state index in [0.717, 1.165) is 23.1 Å². The molecule has 11 heteroatoms. The lowest BCUT2D eigenvalue weighted by Crippen LogP contribution is -2.47. The van der Waals surface area contributed by atoms with Gasteiger partial charge in [-0.15, -0.1) is 13.2 Å². The Bertz CT molecular complexity index is 722. The van der Waals surface area contributed by atoms with Crippen LogP contribution in [-0.2, 0) is 14.3 Å². The van der Waals surface area contributed by atoms with E-state index in [-0.39, 0.29) is 11.3 Å². The van der Waals surface area contributed by atoms with Crippen molar-refractivity contribution in [3.05, 3.63) is 23.8 Å². The summed E-state index contributed by atoms with van der Waals surface area (Å²) < 4.78 is 50.7. The van der Waals surface area contributed by atoms with E-state index in [2.05, 4.69) is 4.74 Å². The zero-order chi connectivity index (χ0) is 20.5. The number of rotatable bonds is 7. The van der Waals surface area contributed by atoms with Crippen molar-refractivity contribution in [3.63, 3.8) is 0 Å². The number of ether oxygens (including phenoxy) is 3. The van der Waals surface area contributed by atoms with Gasteiger partial charge in [0.25, 0.3) is 11.7 Å². The Kier molecular flexibility index (Phi) is 6.10. The first-order chi connectivity index (χ1) is 12.4. The maximum absolute atomic E-state index is 12.3. The fourth-order valence-corrected chi connectivity index (χ4v) is 2.59. The molecule has 0 bridgehead atoms. The SMILES string of the molecule is CC(O)OC(C)OC(O)[C@@H](C)N1C(=O)C(=O)c2cc(OC(F)(F)F)ccc21. The Hall–Kier alpha value is -2.21. The quantitative estimate of drug-likeness (QED) is 0.535. The van der Waals surface area contributed by atoms with E-state index < -0.39 is 48.7 Å². The molecule has 0 saturated heterocycles. The second kappa shape index (κ2) is 7.80. The largest absolute Gasteiger partial charge is 0.573 e. The van der Waals surface area contributed by atoms with Gasteiger partial charge < -0.3 is 24.4 Å². The molecule has 1 amide bonds. The molecule has 2 N–H and O–H groups in total. The lowest BCUT2D eigenvalue weighted by Gasteiger charge is -2.30. The number of Topliss-reactive ketones (excluding diaryl/α,β-unsaturated/α-hetero) is 1. The van der Waals surface area contributed by atoms with E-state index >= 15 is 0 Å². The summed E-state index contributed by atoms with van der Waals surface area (Å²) in [7, 11) is 0. The molecule has 0 spiro atoms. The lowest BCUT2D eigenvalue weighted by atomic mass is 10.1. The van der Waals surface area contributed by atoms with Gasteiger partial charge in [-0.05, 0) is 39.0 Å². The van der Waals surface area contributed by atoms with Crippen molar-refractivity contribution in [1.29, 1.82) is 0 Å². The number of carbonyl (C=O) groups is 2. The molecule has 1 aliphatic rings. The van der Waals surface area contributed by atoms with Gasteiger partial charge in [-0.2, -0.15) is 0 Å².